The van der Waals surface area contributed by atoms with E-state index in [0.29, 0.717) is 17.7 Å². The molecule has 25 heavy (non-hydrogen) atoms. The van der Waals surface area contributed by atoms with Crippen LogP contribution in [0.1, 0.15) is 23.4 Å². The zero-order valence-electron chi connectivity index (χ0n) is 14.5. The summed E-state index contributed by atoms with van der Waals surface area (Å²) in [5.41, 5.74) is 1.08. The van der Waals surface area contributed by atoms with E-state index in [1.165, 1.54) is 6.42 Å². The molecule has 0 aromatic carbocycles. The molecule has 2 amide bonds. The molecule has 1 aromatic rings. The number of rotatable bonds is 3. The third-order valence-electron chi connectivity index (χ3n) is 5.13. The van der Waals surface area contributed by atoms with Crippen LogP contribution >= 0.6 is 11.3 Å². The molecule has 2 saturated heterocycles. The highest BCUT2D eigenvalue weighted by molar-refractivity contribution is 7.15. The van der Waals surface area contributed by atoms with Crippen LogP contribution in [0.15, 0.2) is 0 Å². The molecular formula is C17H26N4O3S. The van der Waals surface area contributed by atoms with Crippen LogP contribution in [0.5, 0.6) is 0 Å². The van der Waals surface area contributed by atoms with Gasteiger partial charge >= 0.3 is 6.03 Å². The molecule has 4 rings (SSSR count). The first-order valence-corrected chi connectivity index (χ1v) is 10.0. The number of likely N-dealkylation sites (tertiary alicyclic amines) is 1. The maximum absolute atomic E-state index is 12.6. The predicted molar refractivity (Wildman–Crippen MR) is 96.0 cm³/mol. The lowest BCUT2D eigenvalue weighted by Crippen LogP contribution is -2.47. The van der Waals surface area contributed by atoms with Crippen LogP contribution < -0.4 is 5.32 Å². The monoisotopic (exact) mass is 366 g/mol. The van der Waals surface area contributed by atoms with Gasteiger partial charge in [-0.25, -0.2) is 9.78 Å². The summed E-state index contributed by atoms with van der Waals surface area (Å²) in [5, 5.41) is 3.70. The Bertz CT molecular complexity index is 579. The van der Waals surface area contributed by atoms with Crippen molar-refractivity contribution in [2.45, 2.75) is 25.9 Å². The molecule has 4 heterocycles. The van der Waals surface area contributed by atoms with Crippen molar-refractivity contribution in [2.24, 2.45) is 5.92 Å². The second kappa shape index (κ2) is 7.99. The summed E-state index contributed by atoms with van der Waals surface area (Å²) in [5.74, 6) is 0.551. The quantitative estimate of drug-likeness (QED) is 0.883. The van der Waals surface area contributed by atoms with Crippen molar-refractivity contribution in [1.29, 1.82) is 0 Å². The second-order valence-electron chi connectivity index (χ2n) is 6.99. The minimum Gasteiger partial charge on any atom is -0.379 e. The van der Waals surface area contributed by atoms with Crippen LogP contribution in [0.4, 0.5) is 9.93 Å². The van der Waals surface area contributed by atoms with Crippen molar-refractivity contribution in [3.05, 3.63) is 10.6 Å². The highest BCUT2D eigenvalue weighted by Crippen LogP contribution is 2.27. The number of carbonyl (C=O) groups excluding carboxylic acids is 1. The fourth-order valence-corrected chi connectivity index (χ4v) is 4.73. The molecular weight excluding hydrogens is 340 g/mol. The van der Waals surface area contributed by atoms with Crippen LogP contribution in [0.2, 0.25) is 0 Å². The van der Waals surface area contributed by atoms with Crippen molar-refractivity contribution >= 4 is 22.5 Å². The van der Waals surface area contributed by atoms with Gasteiger partial charge in [-0.15, -0.1) is 0 Å². The lowest BCUT2D eigenvalue weighted by Gasteiger charge is -2.36. The number of nitrogens with one attached hydrogen (secondary N) is 1. The average Bonchev–Trinajstić information content (AvgIpc) is 3.05. The molecule has 8 heteroatoms. The number of ether oxygens (including phenoxy) is 2. The number of morpholine rings is 1. The highest BCUT2D eigenvalue weighted by atomic mass is 32.1. The summed E-state index contributed by atoms with van der Waals surface area (Å²) < 4.78 is 10.9. The molecule has 0 spiro atoms. The summed E-state index contributed by atoms with van der Waals surface area (Å²) in [6.07, 6.45) is 3.11. The van der Waals surface area contributed by atoms with Gasteiger partial charge in [-0.2, -0.15) is 0 Å². The van der Waals surface area contributed by atoms with Gasteiger partial charge in [0.25, 0.3) is 0 Å². The Morgan fingerprint density at radius 1 is 1.24 bits per heavy atom. The Balaban J connectivity index is 1.31. The third-order valence-corrected chi connectivity index (χ3v) is 6.12. The molecule has 3 aliphatic heterocycles. The molecule has 1 atom stereocenters. The SMILES string of the molecule is O=C(Nc1nc2c(s1)COCC2)N1CCCC(CN2CCOCC2)C1. The van der Waals surface area contributed by atoms with Gasteiger partial charge in [0, 0.05) is 39.1 Å². The lowest BCUT2D eigenvalue weighted by molar-refractivity contribution is 0.0252. The molecule has 1 aromatic heterocycles. The summed E-state index contributed by atoms with van der Waals surface area (Å²) >= 11 is 1.54. The van der Waals surface area contributed by atoms with Gasteiger partial charge in [0.15, 0.2) is 5.13 Å². The number of nitrogens with zero attached hydrogens (tertiary/aromatic N) is 3. The van der Waals surface area contributed by atoms with Crippen molar-refractivity contribution in [3.8, 4) is 0 Å². The van der Waals surface area contributed by atoms with E-state index in [1.54, 1.807) is 11.3 Å². The maximum Gasteiger partial charge on any atom is 0.323 e. The van der Waals surface area contributed by atoms with E-state index in [0.717, 1.165) is 76.0 Å². The fraction of sp³-hybridized carbons (Fsp3) is 0.765. The minimum atomic E-state index is -0.0151. The van der Waals surface area contributed by atoms with Crippen LogP contribution in [-0.4, -0.2) is 73.4 Å². The zero-order chi connectivity index (χ0) is 17.1. The predicted octanol–water partition coefficient (Wildman–Crippen LogP) is 1.79. The standard InChI is InChI=1S/C17H26N4O3S/c22-17(19-16-18-14-3-7-24-12-15(14)25-16)21-4-1-2-13(11-21)10-20-5-8-23-9-6-20/h13H,1-12H2,(H,18,19,22). The molecule has 2 fully saturated rings. The molecule has 0 saturated carbocycles. The lowest BCUT2D eigenvalue weighted by atomic mass is 9.97. The van der Waals surface area contributed by atoms with Crippen molar-refractivity contribution in [2.75, 3.05) is 57.9 Å². The largest absolute Gasteiger partial charge is 0.379 e. The Morgan fingerprint density at radius 2 is 2.12 bits per heavy atom. The van der Waals surface area contributed by atoms with Crippen molar-refractivity contribution < 1.29 is 14.3 Å². The normalized spacial score (nSPS) is 24.8. The van der Waals surface area contributed by atoms with Crippen molar-refractivity contribution in [3.63, 3.8) is 0 Å². The number of thiazole rings is 1. The molecule has 7 nitrogen and oxygen atoms in total. The fourth-order valence-electron chi connectivity index (χ4n) is 3.80. The summed E-state index contributed by atoms with van der Waals surface area (Å²) in [6.45, 7) is 7.75. The molecule has 3 aliphatic rings. The van der Waals surface area contributed by atoms with Gasteiger partial charge in [0.1, 0.15) is 0 Å². The van der Waals surface area contributed by atoms with Crippen LogP contribution in [0.3, 0.4) is 0 Å². The molecule has 1 unspecified atom stereocenters. The molecule has 0 radical (unpaired) electrons. The van der Waals surface area contributed by atoms with E-state index >= 15 is 0 Å². The van der Waals surface area contributed by atoms with Gasteiger partial charge < -0.3 is 14.4 Å². The van der Waals surface area contributed by atoms with E-state index in [-0.39, 0.29) is 6.03 Å². The van der Waals surface area contributed by atoms with Gasteiger partial charge in [0.2, 0.25) is 0 Å². The first kappa shape index (κ1) is 17.2. The molecule has 0 aliphatic carbocycles. The second-order valence-corrected chi connectivity index (χ2v) is 8.07. The van der Waals surface area contributed by atoms with Crippen molar-refractivity contribution in [1.82, 2.24) is 14.8 Å². The summed E-state index contributed by atoms with van der Waals surface area (Å²) in [4.78, 5) is 22.7. The van der Waals surface area contributed by atoms with Gasteiger partial charge in [-0.05, 0) is 18.8 Å². The minimum absolute atomic E-state index is 0.0151. The number of carbonyl (C=O) groups is 1. The zero-order valence-corrected chi connectivity index (χ0v) is 15.4. The van der Waals surface area contributed by atoms with Gasteiger partial charge in [0.05, 0.1) is 37.0 Å². The Hall–Kier alpha value is -1.22. The van der Waals surface area contributed by atoms with E-state index in [9.17, 15) is 4.79 Å². The number of urea groups is 1. The molecule has 138 valence electrons. The Kier molecular flexibility index (Phi) is 5.50. The third kappa shape index (κ3) is 4.31. The van der Waals surface area contributed by atoms with Crippen LogP contribution in [-0.2, 0) is 22.5 Å². The van der Waals surface area contributed by atoms with E-state index in [4.69, 9.17) is 9.47 Å². The number of hydrogen-bond donors (Lipinski definition) is 1. The number of hydrogen-bond acceptors (Lipinski definition) is 6. The topological polar surface area (TPSA) is 66.9 Å². The van der Waals surface area contributed by atoms with Crippen LogP contribution in [0.25, 0.3) is 0 Å². The number of piperidine rings is 1. The first-order valence-electron chi connectivity index (χ1n) is 9.20. The smallest absolute Gasteiger partial charge is 0.323 e. The van der Waals surface area contributed by atoms with E-state index in [1.807, 2.05) is 4.90 Å². The maximum atomic E-state index is 12.6. The van der Waals surface area contributed by atoms with Gasteiger partial charge in [-0.3, -0.25) is 10.2 Å². The first-order chi connectivity index (χ1) is 12.3. The molecule has 0 bridgehead atoms. The molecule has 1 N–H and O–H groups in total. The summed E-state index contributed by atoms with van der Waals surface area (Å²) in [6, 6.07) is -0.0151. The number of amides is 2. The number of fused-ring (bicyclic) bond motifs is 1. The van der Waals surface area contributed by atoms with E-state index < -0.39 is 0 Å². The Morgan fingerprint density at radius 3 is 2.96 bits per heavy atom. The summed E-state index contributed by atoms with van der Waals surface area (Å²) in [7, 11) is 0. The van der Waals surface area contributed by atoms with Crippen LogP contribution in [0, 0.1) is 5.92 Å². The Labute approximate surface area is 152 Å². The van der Waals surface area contributed by atoms with E-state index in [2.05, 4.69) is 15.2 Å². The number of aromatic nitrogens is 1. The van der Waals surface area contributed by atoms with Gasteiger partial charge in [-0.1, -0.05) is 11.3 Å². The average molecular weight is 366 g/mol. The highest BCUT2D eigenvalue weighted by Gasteiger charge is 2.26. The number of anilines is 1.